The molecule has 0 amide bonds. The third kappa shape index (κ3) is 7.08. The van der Waals surface area contributed by atoms with Gasteiger partial charge in [-0.25, -0.2) is 65.9 Å². The Morgan fingerprint density at radius 1 is 0.385 bits per heavy atom. The summed E-state index contributed by atoms with van der Waals surface area (Å²) in [6.45, 7) is 0. The van der Waals surface area contributed by atoms with Gasteiger partial charge in [0.2, 0.25) is 17.5 Å². The van der Waals surface area contributed by atoms with Crippen LogP contribution in [0.5, 0.6) is 0 Å². The second kappa shape index (κ2) is 15.8. The fraction of sp³-hybridized carbons (Fsp3) is 0.0541. The molecule has 65 heavy (non-hydrogen) atoms. The van der Waals surface area contributed by atoms with E-state index in [0.717, 1.165) is 0 Å². The average molecular weight is 1020 g/mol. The minimum absolute atomic E-state index is 0. The summed E-state index contributed by atoms with van der Waals surface area (Å²) in [4.78, 5) is 7.15. The van der Waals surface area contributed by atoms with Crippen LogP contribution in [0.25, 0.3) is 66.5 Å². The van der Waals surface area contributed by atoms with Gasteiger partial charge in [0.25, 0.3) is 20.2 Å². The van der Waals surface area contributed by atoms with Crippen LogP contribution in [0.3, 0.4) is 0 Å². The number of halogens is 15. The van der Waals surface area contributed by atoms with Gasteiger partial charge in [0.05, 0.1) is 50.1 Å². The standard InChI is InChI=1S/C37H13F15N4O6S2.Co/c38-21-18(22(39)28(45)33(50)27(21)44)15-7-1-2-9(53-7)16(19-23(40)29(46)34(51)30(47)24(19)41)11-5-13(63(57,58)59)36(55-11)12-6-14(64(60,61)62)37(56-12)17(10-4-3-8(15)54-10)20-25(42)31(48)35(52)32(49)26(20)43;/h1-2,5-6,53,55-56H,3-4H2,(H,57,58,59)(H,60,61,62);/q;+3. The van der Waals surface area contributed by atoms with Crippen molar-refractivity contribution in [3.63, 3.8) is 0 Å². The first kappa shape index (κ1) is 46.9. The number of nitrogens with one attached hydrogen (secondary N) is 3. The van der Waals surface area contributed by atoms with Crippen LogP contribution >= 0.6 is 0 Å². The number of aryl methyl sites for hydroxylation is 2. The number of nitrogens with zero attached hydrogens (tertiary/aromatic N) is 1. The van der Waals surface area contributed by atoms with Gasteiger partial charge in [-0.3, -0.25) is 14.1 Å². The van der Waals surface area contributed by atoms with Gasteiger partial charge in [0.15, 0.2) is 69.8 Å². The Bertz CT molecular complexity index is 3570. The summed E-state index contributed by atoms with van der Waals surface area (Å²) in [7, 11) is -11.7. The van der Waals surface area contributed by atoms with Crippen LogP contribution < -0.4 is 0 Å². The Hall–Kier alpha value is -6.07. The van der Waals surface area contributed by atoms with E-state index >= 15 is 26.3 Å². The van der Waals surface area contributed by atoms with E-state index in [1.165, 1.54) is 0 Å². The predicted molar refractivity (Wildman–Crippen MR) is 189 cm³/mol. The van der Waals surface area contributed by atoms with E-state index in [1.54, 1.807) is 0 Å². The van der Waals surface area contributed by atoms with E-state index in [4.69, 9.17) is 0 Å². The zero-order chi connectivity index (χ0) is 47.0. The Kier molecular flexibility index (Phi) is 11.4. The zero-order valence-electron chi connectivity index (χ0n) is 30.5. The first-order valence-corrected chi connectivity index (χ1v) is 19.9. The monoisotopic (exact) mass is 1020 g/mol. The number of hydrogen-bond acceptors (Lipinski definition) is 5. The maximum Gasteiger partial charge on any atom is 3.00 e. The summed E-state index contributed by atoms with van der Waals surface area (Å²) in [5.74, 6) is -40.2. The molecule has 8 bridgehead atoms. The molecule has 0 saturated heterocycles. The Labute approximate surface area is 359 Å². The second-order valence-electron chi connectivity index (χ2n) is 13.5. The van der Waals surface area contributed by atoms with Crippen molar-refractivity contribution in [2.75, 3.05) is 0 Å². The molecule has 0 spiro atoms. The SMILES string of the molecule is O=S(=O)(O)c1cc2[nH]c1c(-c1c(F)c(F)c(F)c(F)c1F)c1nc(c(-c3c(F)c(F)c(F)c(F)c3F)c3ccc([nH]3)c(-c3c(F)c(F)c(F)c(F)c3F)c3cc(S(=O)(=O)O)c2[nH]3)CC1.[Co+3]. The van der Waals surface area contributed by atoms with Crippen LogP contribution in [0.1, 0.15) is 11.4 Å². The Morgan fingerprint density at radius 3 is 1.11 bits per heavy atom. The van der Waals surface area contributed by atoms with Crippen molar-refractivity contribution in [2.45, 2.75) is 22.6 Å². The molecule has 0 radical (unpaired) electrons. The first-order valence-electron chi connectivity index (χ1n) is 17.0. The molecular formula is C37H13CoF15N4O6S2+3. The van der Waals surface area contributed by atoms with Gasteiger partial charge in [0, 0.05) is 27.7 Å². The molecule has 5 N–H and O–H groups in total. The molecule has 8 rings (SSSR count). The van der Waals surface area contributed by atoms with Crippen LogP contribution in [0.15, 0.2) is 34.1 Å². The fourth-order valence-electron chi connectivity index (χ4n) is 7.23. The van der Waals surface area contributed by atoms with Crippen molar-refractivity contribution in [3.05, 3.63) is 123 Å². The van der Waals surface area contributed by atoms with Gasteiger partial charge in [-0.15, -0.1) is 0 Å². The molecule has 10 nitrogen and oxygen atoms in total. The largest absolute Gasteiger partial charge is 3.00 e. The number of H-pyrrole nitrogens is 3. The molecule has 1 aliphatic rings. The summed E-state index contributed by atoms with van der Waals surface area (Å²) in [6.07, 6.45) is -1.87. The maximum absolute atomic E-state index is 15.8. The van der Waals surface area contributed by atoms with Crippen molar-refractivity contribution in [2.24, 2.45) is 0 Å². The molecular weight excluding hydrogens is 1000 g/mol. The normalized spacial score (nSPS) is 12.7. The number of aromatic nitrogens is 4. The summed E-state index contributed by atoms with van der Waals surface area (Å²) in [6, 6.07) is 1.65. The molecule has 0 aliphatic carbocycles. The average Bonchev–Trinajstić information content (AvgIpc) is 4.07. The minimum atomic E-state index is -5.90. The van der Waals surface area contributed by atoms with Gasteiger partial charge in [-0.2, -0.15) is 16.8 Å². The van der Waals surface area contributed by atoms with Gasteiger partial charge in [-0.1, -0.05) is 0 Å². The molecule has 7 aromatic rings. The Balaban J connectivity index is 0.00000630. The first-order chi connectivity index (χ1) is 29.8. The molecule has 3 aromatic carbocycles. The van der Waals surface area contributed by atoms with E-state index in [1.807, 2.05) is 4.98 Å². The summed E-state index contributed by atoms with van der Waals surface area (Å²) >= 11 is 0. The van der Waals surface area contributed by atoms with Crippen LogP contribution in [-0.2, 0) is 49.9 Å². The van der Waals surface area contributed by atoms with Gasteiger partial charge in [0.1, 0.15) is 9.79 Å². The van der Waals surface area contributed by atoms with Crippen LogP contribution in [0, 0.1) is 87.3 Å². The van der Waals surface area contributed by atoms with Crippen molar-refractivity contribution in [1.29, 1.82) is 0 Å². The molecule has 1 aliphatic heterocycles. The predicted octanol–water partition coefficient (Wildman–Crippen LogP) is 9.89. The van der Waals surface area contributed by atoms with Crippen LogP contribution in [0.2, 0.25) is 0 Å². The molecule has 0 unspecified atom stereocenters. The minimum Gasteiger partial charge on any atom is -0.354 e. The molecule has 5 heterocycles. The third-order valence-corrected chi connectivity index (χ3v) is 11.7. The van der Waals surface area contributed by atoms with Crippen molar-refractivity contribution < 1.29 is 109 Å². The van der Waals surface area contributed by atoms with E-state index in [0.29, 0.717) is 12.1 Å². The molecule has 0 saturated carbocycles. The number of hydrogen-bond donors (Lipinski definition) is 5. The van der Waals surface area contributed by atoms with Crippen molar-refractivity contribution >= 4 is 53.3 Å². The van der Waals surface area contributed by atoms with E-state index < -0.39 is 208 Å². The third-order valence-electron chi connectivity index (χ3n) is 9.96. The summed E-state index contributed by atoms with van der Waals surface area (Å²) in [5.41, 5.74) is -18.8. The maximum atomic E-state index is 15.8. The van der Waals surface area contributed by atoms with Crippen molar-refractivity contribution in [3.8, 4) is 33.4 Å². The van der Waals surface area contributed by atoms with Gasteiger partial charge >= 0.3 is 16.8 Å². The molecule has 4 aromatic heterocycles. The van der Waals surface area contributed by atoms with Crippen LogP contribution in [0.4, 0.5) is 65.9 Å². The molecule has 0 fully saturated rings. The van der Waals surface area contributed by atoms with Crippen LogP contribution in [-0.4, -0.2) is 45.9 Å². The number of fused-ring (bicyclic) bond motifs is 9. The Morgan fingerprint density at radius 2 is 0.692 bits per heavy atom. The second-order valence-corrected chi connectivity index (χ2v) is 16.3. The van der Waals surface area contributed by atoms with E-state index in [9.17, 15) is 65.5 Å². The van der Waals surface area contributed by atoms with Crippen molar-refractivity contribution in [1.82, 2.24) is 19.9 Å². The van der Waals surface area contributed by atoms with Gasteiger partial charge in [-0.05, 0) is 37.1 Å². The smallest absolute Gasteiger partial charge is 0.354 e. The summed E-state index contributed by atoms with van der Waals surface area (Å²) < 4.78 is 299. The van der Waals surface area contributed by atoms with E-state index in [2.05, 4.69) is 15.0 Å². The number of benzene rings is 3. The summed E-state index contributed by atoms with van der Waals surface area (Å²) in [5, 5.41) is 0. The quantitative estimate of drug-likeness (QED) is 0.0495. The van der Waals surface area contributed by atoms with E-state index in [-0.39, 0.29) is 28.9 Å². The fourth-order valence-corrected chi connectivity index (χ4v) is 8.59. The van der Waals surface area contributed by atoms with Gasteiger partial charge < -0.3 is 15.0 Å². The molecule has 340 valence electrons. The number of aromatic amines is 3. The number of rotatable bonds is 5. The molecule has 28 heteroatoms. The molecule has 0 atom stereocenters. The zero-order valence-corrected chi connectivity index (χ0v) is 33.2. The topological polar surface area (TPSA) is 169 Å².